The Kier molecular flexibility index (Phi) is 7.25. The van der Waals surface area contributed by atoms with Crippen molar-refractivity contribution in [2.45, 2.75) is 13.5 Å². The third-order valence-corrected chi connectivity index (χ3v) is 5.89. The van der Waals surface area contributed by atoms with Crippen LogP contribution < -0.4 is 20.1 Å². The molecule has 0 saturated heterocycles. The highest BCUT2D eigenvalue weighted by Crippen LogP contribution is 2.25. The van der Waals surface area contributed by atoms with Gasteiger partial charge in [0.15, 0.2) is 0 Å². The standard InChI is InChI=1S/C25H25ClN6O4/c1-15-20(12-27-31(15)2)29-25(34)23-21(13-28-32(23)3)30-24(33)16-5-10-22(35-4)17(11-16)14-36-19-8-6-18(26)7-9-19/h5-13H,14H2,1-4H3,(H,29,34)(H,30,33). The molecule has 0 aliphatic rings. The molecular weight excluding hydrogens is 484 g/mol. The van der Waals surface area contributed by atoms with Crippen LogP contribution >= 0.6 is 11.6 Å². The molecule has 11 heteroatoms. The van der Waals surface area contributed by atoms with E-state index < -0.39 is 11.8 Å². The number of methoxy groups -OCH3 is 1. The SMILES string of the molecule is COc1ccc(C(=O)Nc2cnn(C)c2C(=O)Nc2cnn(C)c2C)cc1COc1ccc(Cl)cc1. The molecule has 186 valence electrons. The molecule has 0 radical (unpaired) electrons. The zero-order valence-corrected chi connectivity index (χ0v) is 21.0. The van der Waals surface area contributed by atoms with Gasteiger partial charge in [0.05, 0.1) is 36.6 Å². The number of carbonyl (C=O) groups is 2. The third-order valence-electron chi connectivity index (χ3n) is 5.64. The van der Waals surface area contributed by atoms with Gasteiger partial charge in [0.25, 0.3) is 11.8 Å². The molecule has 2 aromatic heterocycles. The molecule has 10 nitrogen and oxygen atoms in total. The van der Waals surface area contributed by atoms with Gasteiger partial charge in [0.1, 0.15) is 23.8 Å². The Bertz CT molecular complexity index is 1410. The van der Waals surface area contributed by atoms with Crippen LogP contribution in [0, 0.1) is 6.92 Å². The monoisotopic (exact) mass is 508 g/mol. The predicted molar refractivity (Wildman–Crippen MR) is 136 cm³/mol. The van der Waals surface area contributed by atoms with Gasteiger partial charge in [-0.15, -0.1) is 0 Å². The van der Waals surface area contributed by atoms with E-state index in [4.69, 9.17) is 21.1 Å². The van der Waals surface area contributed by atoms with Crippen LogP contribution in [-0.4, -0.2) is 38.5 Å². The van der Waals surface area contributed by atoms with Crippen molar-refractivity contribution in [2.24, 2.45) is 14.1 Å². The predicted octanol–water partition coefficient (Wildman–Crippen LogP) is 4.21. The van der Waals surface area contributed by atoms with E-state index in [0.717, 1.165) is 5.69 Å². The van der Waals surface area contributed by atoms with Gasteiger partial charge in [-0.3, -0.25) is 19.0 Å². The number of hydrogen-bond acceptors (Lipinski definition) is 6. The molecule has 0 aliphatic heterocycles. The number of nitrogens with one attached hydrogen (secondary N) is 2. The van der Waals surface area contributed by atoms with E-state index >= 15 is 0 Å². The second-order valence-electron chi connectivity index (χ2n) is 7.98. The average Bonchev–Trinajstić information content (AvgIpc) is 3.39. The van der Waals surface area contributed by atoms with Gasteiger partial charge in [-0.2, -0.15) is 10.2 Å². The third kappa shape index (κ3) is 5.33. The van der Waals surface area contributed by atoms with Gasteiger partial charge in [-0.25, -0.2) is 0 Å². The highest BCUT2D eigenvalue weighted by Gasteiger charge is 2.21. The van der Waals surface area contributed by atoms with Crippen LogP contribution in [0.5, 0.6) is 11.5 Å². The summed E-state index contributed by atoms with van der Waals surface area (Å²) in [5, 5.41) is 14.5. The van der Waals surface area contributed by atoms with Crippen molar-refractivity contribution in [3.63, 3.8) is 0 Å². The Labute approximate surface area is 212 Å². The number of hydrogen-bond donors (Lipinski definition) is 2. The minimum absolute atomic E-state index is 0.178. The van der Waals surface area contributed by atoms with Crippen molar-refractivity contribution in [3.05, 3.63) is 82.4 Å². The van der Waals surface area contributed by atoms with Gasteiger partial charge in [0.2, 0.25) is 0 Å². The first kappa shape index (κ1) is 24.8. The molecule has 0 aliphatic carbocycles. The Hall–Kier alpha value is -4.31. The Morgan fingerprint density at radius 1 is 0.944 bits per heavy atom. The van der Waals surface area contributed by atoms with Gasteiger partial charge in [0, 0.05) is 30.2 Å². The maximum absolute atomic E-state index is 13.1. The van der Waals surface area contributed by atoms with Crippen molar-refractivity contribution in [3.8, 4) is 11.5 Å². The summed E-state index contributed by atoms with van der Waals surface area (Å²) >= 11 is 5.92. The van der Waals surface area contributed by atoms with Crippen LogP contribution in [0.25, 0.3) is 0 Å². The number of anilines is 2. The van der Waals surface area contributed by atoms with Crippen LogP contribution in [0.2, 0.25) is 5.02 Å². The van der Waals surface area contributed by atoms with E-state index in [9.17, 15) is 9.59 Å². The molecule has 4 aromatic rings. The minimum atomic E-state index is -0.423. The highest BCUT2D eigenvalue weighted by atomic mass is 35.5. The summed E-state index contributed by atoms with van der Waals surface area (Å²) in [6, 6.07) is 12.0. The largest absolute Gasteiger partial charge is 0.496 e. The summed E-state index contributed by atoms with van der Waals surface area (Å²) in [7, 11) is 4.95. The Morgan fingerprint density at radius 3 is 2.28 bits per heavy atom. The highest BCUT2D eigenvalue weighted by molar-refractivity contribution is 6.30. The molecule has 4 rings (SSSR count). The molecule has 2 amide bonds. The molecule has 36 heavy (non-hydrogen) atoms. The molecular formula is C25H25ClN6O4. The molecule has 0 fully saturated rings. The summed E-state index contributed by atoms with van der Waals surface area (Å²) in [6.07, 6.45) is 2.99. The fourth-order valence-corrected chi connectivity index (χ4v) is 3.65. The molecule has 2 heterocycles. The summed E-state index contributed by atoms with van der Waals surface area (Å²) in [4.78, 5) is 26.1. The number of benzene rings is 2. The number of aryl methyl sites for hydroxylation is 2. The zero-order chi connectivity index (χ0) is 25.8. The fraction of sp³-hybridized carbons (Fsp3) is 0.200. The summed E-state index contributed by atoms with van der Waals surface area (Å²) < 4.78 is 14.3. The number of rotatable bonds is 8. The summed E-state index contributed by atoms with van der Waals surface area (Å²) in [6.45, 7) is 2.02. The van der Waals surface area contributed by atoms with Crippen LogP contribution in [-0.2, 0) is 20.7 Å². The van der Waals surface area contributed by atoms with Gasteiger partial charge in [-0.1, -0.05) is 11.6 Å². The molecule has 2 aromatic carbocycles. The van der Waals surface area contributed by atoms with Gasteiger partial charge in [-0.05, 0) is 49.4 Å². The Balaban J connectivity index is 1.51. The smallest absolute Gasteiger partial charge is 0.276 e. The number of ether oxygens (including phenoxy) is 2. The number of aromatic nitrogens is 4. The topological polar surface area (TPSA) is 112 Å². The lowest BCUT2D eigenvalue weighted by Gasteiger charge is -2.13. The van der Waals surface area contributed by atoms with E-state index in [1.165, 1.54) is 10.9 Å². The van der Waals surface area contributed by atoms with Crippen LogP contribution in [0.3, 0.4) is 0 Å². The first-order valence-electron chi connectivity index (χ1n) is 11.0. The fourth-order valence-electron chi connectivity index (χ4n) is 3.52. The van der Waals surface area contributed by atoms with E-state index in [0.29, 0.717) is 33.3 Å². The van der Waals surface area contributed by atoms with Crippen LogP contribution in [0.1, 0.15) is 32.1 Å². The zero-order valence-electron chi connectivity index (χ0n) is 20.2. The molecule has 0 saturated carbocycles. The minimum Gasteiger partial charge on any atom is -0.496 e. The maximum atomic E-state index is 13.1. The maximum Gasteiger partial charge on any atom is 0.276 e. The molecule has 0 atom stereocenters. The lowest BCUT2D eigenvalue weighted by molar-refractivity contribution is 0.101. The van der Waals surface area contributed by atoms with E-state index in [1.807, 2.05) is 6.92 Å². The van der Waals surface area contributed by atoms with Gasteiger partial charge < -0.3 is 20.1 Å². The summed E-state index contributed by atoms with van der Waals surface area (Å²) in [5.74, 6) is 0.373. The lowest BCUT2D eigenvalue weighted by Crippen LogP contribution is -2.20. The molecule has 0 spiro atoms. The second-order valence-corrected chi connectivity index (χ2v) is 8.41. The first-order valence-corrected chi connectivity index (χ1v) is 11.3. The number of nitrogens with zero attached hydrogens (tertiary/aromatic N) is 4. The normalized spacial score (nSPS) is 10.7. The molecule has 2 N–H and O–H groups in total. The van der Waals surface area contributed by atoms with Crippen molar-refractivity contribution in [1.29, 1.82) is 0 Å². The van der Waals surface area contributed by atoms with Crippen molar-refractivity contribution < 1.29 is 19.1 Å². The summed E-state index contributed by atoms with van der Waals surface area (Å²) in [5.41, 5.74) is 2.88. The Morgan fingerprint density at radius 2 is 1.61 bits per heavy atom. The van der Waals surface area contributed by atoms with E-state index in [-0.39, 0.29) is 18.0 Å². The second kappa shape index (κ2) is 10.5. The van der Waals surface area contributed by atoms with Crippen LogP contribution in [0.15, 0.2) is 54.9 Å². The van der Waals surface area contributed by atoms with E-state index in [2.05, 4.69) is 20.8 Å². The van der Waals surface area contributed by atoms with Gasteiger partial charge >= 0.3 is 0 Å². The van der Waals surface area contributed by atoms with Crippen molar-refractivity contribution in [2.75, 3.05) is 17.7 Å². The van der Waals surface area contributed by atoms with Crippen molar-refractivity contribution in [1.82, 2.24) is 19.6 Å². The lowest BCUT2D eigenvalue weighted by atomic mass is 10.1. The number of halogens is 1. The van der Waals surface area contributed by atoms with Crippen molar-refractivity contribution >= 4 is 34.8 Å². The molecule has 0 bridgehead atoms. The van der Waals surface area contributed by atoms with E-state index in [1.54, 1.807) is 74.5 Å². The average molecular weight is 509 g/mol. The number of amides is 2. The quantitative estimate of drug-likeness (QED) is 0.369. The van der Waals surface area contributed by atoms with Crippen LogP contribution in [0.4, 0.5) is 11.4 Å². The first-order chi connectivity index (χ1) is 17.3. The molecule has 0 unspecified atom stereocenters. The number of carbonyl (C=O) groups excluding carboxylic acids is 2.